The zero-order valence-electron chi connectivity index (χ0n) is 21.0. The number of nitrogens with zero attached hydrogens (tertiary/aromatic N) is 2. The predicted octanol–water partition coefficient (Wildman–Crippen LogP) is 6.00. The second-order valence-corrected chi connectivity index (χ2v) is 11.3. The van der Waals surface area contributed by atoms with E-state index in [9.17, 15) is 17.6 Å². The standard InChI is InChI=1S/C26H34FN3O4S/c1-6-8-9-18(7-2)25-28-22-16-20(29-35(32,33)21-13-10-19(27)11-14-21)12-15-23(22)30(25)17-24(31)34-26(3,4)5/h10-16,18,29H,6-9,17H2,1-5H3. The number of esters is 1. The van der Waals surface area contributed by atoms with Crippen molar-refractivity contribution in [2.24, 2.45) is 0 Å². The molecule has 3 rings (SSSR count). The summed E-state index contributed by atoms with van der Waals surface area (Å²) in [5, 5.41) is 0. The van der Waals surface area contributed by atoms with Crippen molar-refractivity contribution in [3.05, 3.63) is 54.1 Å². The molecule has 0 aliphatic heterocycles. The molecular formula is C26H34FN3O4S. The molecule has 0 saturated heterocycles. The highest BCUT2D eigenvalue weighted by atomic mass is 32.2. The van der Waals surface area contributed by atoms with Gasteiger partial charge in [-0.1, -0.05) is 26.7 Å². The number of carbonyl (C=O) groups is 1. The number of halogens is 1. The molecule has 2 aromatic carbocycles. The SMILES string of the molecule is CCCCC(CC)c1nc2cc(NS(=O)(=O)c3ccc(F)cc3)ccc2n1CC(=O)OC(C)(C)C. The number of carbonyl (C=O) groups excluding carboxylic acids is 1. The first-order valence-corrected chi connectivity index (χ1v) is 13.4. The summed E-state index contributed by atoms with van der Waals surface area (Å²) in [6, 6.07) is 9.66. The van der Waals surface area contributed by atoms with Gasteiger partial charge in [0.2, 0.25) is 0 Å². The molecule has 3 aromatic rings. The molecule has 1 N–H and O–H groups in total. The van der Waals surface area contributed by atoms with Crippen LogP contribution < -0.4 is 4.72 Å². The Labute approximate surface area is 206 Å². The van der Waals surface area contributed by atoms with Gasteiger partial charge in [-0.25, -0.2) is 17.8 Å². The first-order chi connectivity index (χ1) is 16.4. The molecular weight excluding hydrogens is 469 g/mol. The van der Waals surface area contributed by atoms with Crippen molar-refractivity contribution in [1.29, 1.82) is 0 Å². The molecule has 1 aromatic heterocycles. The first-order valence-electron chi connectivity index (χ1n) is 11.9. The molecule has 9 heteroatoms. The van der Waals surface area contributed by atoms with Crippen molar-refractivity contribution >= 4 is 32.7 Å². The second-order valence-electron chi connectivity index (χ2n) is 9.65. The number of hydrogen-bond acceptors (Lipinski definition) is 5. The molecule has 1 atom stereocenters. The van der Waals surface area contributed by atoms with Crippen LogP contribution >= 0.6 is 0 Å². The lowest BCUT2D eigenvalue weighted by atomic mass is 9.98. The Balaban J connectivity index is 2.00. The fourth-order valence-electron chi connectivity index (χ4n) is 3.99. The van der Waals surface area contributed by atoms with E-state index in [4.69, 9.17) is 9.72 Å². The largest absolute Gasteiger partial charge is 0.459 e. The Hall–Kier alpha value is -2.94. The number of aromatic nitrogens is 2. The van der Waals surface area contributed by atoms with Gasteiger partial charge in [-0.05, 0) is 76.1 Å². The van der Waals surface area contributed by atoms with Crippen LogP contribution in [0.4, 0.5) is 10.1 Å². The number of anilines is 1. The molecule has 7 nitrogen and oxygen atoms in total. The average molecular weight is 504 g/mol. The van der Waals surface area contributed by atoms with E-state index >= 15 is 0 Å². The van der Waals surface area contributed by atoms with Crippen LogP contribution in [0.3, 0.4) is 0 Å². The monoisotopic (exact) mass is 503 g/mol. The summed E-state index contributed by atoms with van der Waals surface area (Å²) >= 11 is 0. The van der Waals surface area contributed by atoms with E-state index in [0.717, 1.165) is 49.2 Å². The van der Waals surface area contributed by atoms with E-state index in [-0.39, 0.29) is 23.3 Å². The maximum Gasteiger partial charge on any atom is 0.326 e. The Kier molecular flexibility index (Phi) is 8.20. The van der Waals surface area contributed by atoms with Gasteiger partial charge in [0.25, 0.3) is 10.0 Å². The normalized spacial score (nSPS) is 13.1. The number of rotatable bonds is 10. The van der Waals surface area contributed by atoms with Crippen molar-refractivity contribution < 1.29 is 22.3 Å². The van der Waals surface area contributed by atoms with Gasteiger partial charge in [-0.3, -0.25) is 9.52 Å². The van der Waals surface area contributed by atoms with E-state index in [1.165, 1.54) is 12.1 Å². The van der Waals surface area contributed by atoms with Crippen LogP contribution in [0.15, 0.2) is 47.4 Å². The third-order valence-electron chi connectivity index (χ3n) is 5.63. The molecule has 190 valence electrons. The second kappa shape index (κ2) is 10.8. The molecule has 1 unspecified atom stereocenters. The molecule has 0 aliphatic carbocycles. The summed E-state index contributed by atoms with van der Waals surface area (Å²) in [4.78, 5) is 17.5. The molecule has 0 fully saturated rings. The summed E-state index contributed by atoms with van der Waals surface area (Å²) in [5.41, 5.74) is 1.03. The van der Waals surface area contributed by atoms with Gasteiger partial charge in [-0.2, -0.15) is 0 Å². The predicted molar refractivity (Wildman–Crippen MR) is 135 cm³/mol. The van der Waals surface area contributed by atoms with Crippen LogP contribution in [0, 0.1) is 5.82 Å². The van der Waals surface area contributed by atoms with E-state index < -0.39 is 21.4 Å². The first kappa shape index (κ1) is 26.7. The Morgan fingerprint density at radius 1 is 1.14 bits per heavy atom. The van der Waals surface area contributed by atoms with Gasteiger partial charge >= 0.3 is 5.97 Å². The van der Waals surface area contributed by atoms with E-state index in [0.29, 0.717) is 11.2 Å². The zero-order chi connectivity index (χ0) is 25.8. The number of nitrogens with one attached hydrogen (secondary N) is 1. The minimum absolute atomic E-state index is 0.0202. The topological polar surface area (TPSA) is 90.3 Å². The van der Waals surface area contributed by atoms with Crippen LogP contribution in [-0.2, 0) is 26.1 Å². The summed E-state index contributed by atoms with van der Waals surface area (Å²) in [6.45, 7) is 9.73. The summed E-state index contributed by atoms with van der Waals surface area (Å²) < 4.78 is 48.7. The van der Waals surface area contributed by atoms with Crippen LogP contribution in [0.1, 0.15) is 72.0 Å². The van der Waals surface area contributed by atoms with Crippen LogP contribution in [0.5, 0.6) is 0 Å². The lowest BCUT2D eigenvalue weighted by Gasteiger charge is -2.21. The summed E-state index contributed by atoms with van der Waals surface area (Å²) in [5.74, 6) is 0.0796. The highest BCUT2D eigenvalue weighted by Gasteiger charge is 2.24. The molecule has 0 amide bonds. The number of imidazole rings is 1. The van der Waals surface area contributed by atoms with Gasteiger partial charge in [0, 0.05) is 5.92 Å². The van der Waals surface area contributed by atoms with Gasteiger partial charge in [0.15, 0.2) is 0 Å². The van der Waals surface area contributed by atoms with Crippen molar-refractivity contribution in [1.82, 2.24) is 9.55 Å². The van der Waals surface area contributed by atoms with Gasteiger partial charge in [0.1, 0.15) is 23.8 Å². The Bertz CT molecular complexity index is 1280. The van der Waals surface area contributed by atoms with Crippen LogP contribution in [0.2, 0.25) is 0 Å². The van der Waals surface area contributed by atoms with Gasteiger partial charge in [-0.15, -0.1) is 0 Å². The molecule has 0 spiro atoms. The Morgan fingerprint density at radius 2 is 1.83 bits per heavy atom. The van der Waals surface area contributed by atoms with Crippen molar-refractivity contribution in [2.75, 3.05) is 4.72 Å². The molecule has 0 bridgehead atoms. The number of fused-ring (bicyclic) bond motifs is 1. The number of sulfonamides is 1. The van der Waals surface area contributed by atoms with E-state index in [2.05, 4.69) is 18.6 Å². The van der Waals surface area contributed by atoms with Gasteiger partial charge < -0.3 is 9.30 Å². The number of unbranched alkanes of at least 4 members (excludes halogenated alkanes) is 1. The molecule has 35 heavy (non-hydrogen) atoms. The highest BCUT2D eigenvalue weighted by molar-refractivity contribution is 7.92. The summed E-state index contributed by atoms with van der Waals surface area (Å²) in [6.07, 6.45) is 3.89. The van der Waals surface area contributed by atoms with Crippen molar-refractivity contribution in [3.63, 3.8) is 0 Å². The minimum atomic E-state index is -3.90. The molecule has 0 saturated carbocycles. The number of ether oxygens (including phenoxy) is 1. The fourth-order valence-corrected chi connectivity index (χ4v) is 5.04. The molecule has 1 heterocycles. The molecule has 0 aliphatic rings. The molecule has 0 radical (unpaired) electrons. The zero-order valence-corrected chi connectivity index (χ0v) is 21.8. The van der Waals surface area contributed by atoms with E-state index in [1.807, 2.05) is 25.3 Å². The average Bonchev–Trinajstić information content (AvgIpc) is 3.10. The lowest BCUT2D eigenvalue weighted by Crippen LogP contribution is -2.27. The smallest absolute Gasteiger partial charge is 0.326 e. The minimum Gasteiger partial charge on any atom is -0.459 e. The van der Waals surface area contributed by atoms with Crippen LogP contribution in [-0.4, -0.2) is 29.5 Å². The summed E-state index contributed by atoms with van der Waals surface area (Å²) in [7, 11) is -3.90. The quantitative estimate of drug-likeness (QED) is 0.343. The maximum atomic E-state index is 13.2. The third kappa shape index (κ3) is 6.81. The van der Waals surface area contributed by atoms with Crippen molar-refractivity contribution in [2.45, 2.75) is 83.3 Å². The number of hydrogen-bond donors (Lipinski definition) is 1. The highest BCUT2D eigenvalue weighted by Crippen LogP contribution is 2.30. The lowest BCUT2D eigenvalue weighted by molar-refractivity contribution is -0.155. The maximum absolute atomic E-state index is 13.2. The number of benzene rings is 2. The third-order valence-corrected chi connectivity index (χ3v) is 7.02. The van der Waals surface area contributed by atoms with Crippen LogP contribution in [0.25, 0.3) is 11.0 Å². The van der Waals surface area contributed by atoms with E-state index in [1.54, 1.807) is 18.2 Å². The van der Waals surface area contributed by atoms with Gasteiger partial charge in [0.05, 0.1) is 21.6 Å². The fraction of sp³-hybridized carbons (Fsp3) is 0.462. The van der Waals surface area contributed by atoms with Crippen molar-refractivity contribution in [3.8, 4) is 0 Å². The Morgan fingerprint density at radius 3 is 2.43 bits per heavy atom.